The Kier molecular flexibility index (Phi) is 3.58. The van der Waals surface area contributed by atoms with Crippen LogP contribution in [-0.2, 0) is 4.79 Å². The van der Waals surface area contributed by atoms with Crippen LogP contribution in [0, 0.1) is 11.3 Å². The van der Waals surface area contributed by atoms with E-state index in [0.29, 0.717) is 16.9 Å². The number of hydrogen-bond donors (Lipinski definition) is 1. The summed E-state index contributed by atoms with van der Waals surface area (Å²) < 4.78 is 0. The van der Waals surface area contributed by atoms with Crippen molar-refractivity contribution in [3.63, 3.8) is 0 Å². The molecular formula is C13H22O2. The number of allylic oxidation sites excluding steroid dienone is 1. The SMILES string of the molecule is CC(C(=O)O)=C(C)C1CCCC(C)(C)C1. The molecule has 0 heterocycles. The largest absolute Gasteiger partial charge is 0.478 e. The third kappa shape index (κ3) is 3.08. The fourth-order valence-corrected chi connectivity index (χ4v) is 2.54. The molecule has 0 aromatic rings. The quantitative estimate of drug-likeness (QED) is 0.707. The molecule has 0 aromatic carbocycles. The highest BCUT2D eigenvalue weighted by Crippen LogP contribution is 2.41. The Labute approximate surface area is 92.4 Å². The van der Waals surface area contributed by atoms with Gasteiger partial charge in [0.15, 0.2) is 0 Å². The standard InChI is InChI=1S/C13H22O2/c1-9(10(2)12(14)15)11-6-5-7-13(3,4)8-11/h11H,5-8H2,1-4H3,(H,14,15). The van der Waals surface area contributed by atoms with Gasteiger partial charge in [0.2, 0.25) is 0 Å². The van der Waals surface area contributed by atoms with Gasteiger partial charge in [-0.05, 0) is 44.4 Å². The van der Waals surface area contributed by atoms with Crippen LogP contribution in [0.4, 0.5) is 0 Å². The third-order valence-corrected chi connectivity index (χ3v) is 3.73. The van der Waals surface area contributed by atoms with Gasteiger partial charge in [0.1, 0.15) is 0 Å². The van der Waals surface area contributed by atoms with E-state index in [1.165, 1.54) is 12.8 Å². The highest BCUT2D eigenvalue weighted by atomic mass is 16.4. The molecule has 0 bridgehead atoms. The number of rotatable bonds is 2. The van der Waals surface area contributed by atoms with Gasteiger partial charge in [-0.25, -0.2) is 4.79 Å². The zero-order chi connectivity index (χ0) is 11.6. The highest BCUT2D eigenvalue weighted by molar-refractivity contribution is 5.86. The monoisotopic (exact) mass is 210 g/mol. The Morgan fingerprint density at radius 3 is 2.40 bits per heavy atom. The number of carboxylic acid groups (broad SMARTS) is 1. The zero-order valence-corrected chi connectivity index (χ0v) is 10.3. The Hall–Kier alpha value is -0.790. The summed E-state index contributed by atoms with van der Waals surface area (Å²) in [5, 5.41) is 8.96. The van der Waals surface area contributed by atoms with Gasteiger partial charge in [0, 0.05) is 5.57 Å². The lowest BCUT2D eigenvalue weighted by Gasteiger charge is -2.36. The van der Waals surface area contributed by atoms with Gasteiger partial charge >= 0.3 is 5.97 Å². The normalized spacial score (nSPS) is 27.1. The van der Waals surface area contributed by atoms with Gasteiger partial charge in [0.25, 0.3) is 0 Å². The second-order valence-electron chi connectivity index (χ2n) is 5.57. The van der Waals surface area contributed by atoms with E-state index in [2.05, 4.69) is 13.8 Å². The van der Waals surface area contributed by atoms with Crippen molar-refractivity contribution < 1.29 is 9.90 Å². The topological polar surface area (TPSA) is 37.3 Å². The minimum absolute atomic E-state index is 0.378. The highest BCUT2D eigenvalue weighted by Gasteiger charge is 2.29. The maximum Gasteiger partial charge on any atom is 0.331 e. The average molecular weight is 210 g/mol. The van der Waals surface area contributed by atoms with Crippen molar-refractivity contribution in [1.82, 2.24) is 0 Å². The van der Waals surface area contributed by atoms with Crippen LogP contribution < -0.4 is 0 Å². The first-order chi connectivity index (χ1) is 6.83. The van der Waals surface area contributed by atoms with Crippen LogP contribution in [0.5, 0.6) is 0 Å². The molecule has 2 nitrogen and oxygen atoms in total. The molecule has 2 heteroatoms. The summed E-state index contributed by atoms with van der Waals surface area (Å²) in [6.45, 7) is 8.26. The van der Waals surface area contributed by atoms with Crippen molar-refractivity contribution in [1.29, 1.82) is 0 Å². The molecule has 0 aromatic heterocycles. The van der Waals surface area contributed by atoms with Crippen molar-refractivity contribution >= 4 is 5.97 Å². The van der Waals surface area contributed by atoms with Crippen LogP contribution in [0.2, 0.25) is 0 Å². The van der Waals surface area contributed by atoms with Crippen LogP contribution in [0.1, 0.15) is 53.4 Å². The molecule has 1 saturated carbocycles. The first-order valence-corrected chi connectivity index (χ1v) is 5.74. The molecule has 15 heavy (non-hydrogen) atoms. The van der Waals surface area contributed by atoms with Gasteiger partial charge in [-0.2, -0.15) is 0 Å². The van der Waals surface area contributed by atoms with Crippen molar-refractivity contribution in [2.45, 2.75) is 53.4 Å². The molecule has 0 spiro atoms. The molecule has 1 N–H and O–H groups in total. The maximum absolute atomic E-state index is 10.9. The molecule has 0 saturated heterocycles. The molecule has 1 fully saturated rings. The number of carboxylic acids is 1. The summed E-state index contributed by atoms with van der Waals surface area (Å²) in [6.07, 6.45) is 4.77. The first-order valence-electron chi connectivity index (χ1n) is 5.74. The van der Waals surface area contributed by atoms with Crippen LogP contribution >= 0.6 is 0 Å². The van der Waals surface area contributed by atoms with E-state index in [-0.39, 0.29) is 0 Å². The molecule has 1 aliphatic rings. The van der Waals surface area contributed by atoms with E-state index in [4.69, 9.17) is 5.11 Å². The van der Waals surface area contributed by atoms with Crippen molar-refractivity contribution in [3.8, 4) is 0 Å². The third-order valence-electron chi connectivity index (χ3n) is 3.73. The van der Waals surface area contributed by atoms with E-state index in [9.17, 15) is 4.79 Å². The Balaban J connectivity index is 2.80. The van der Waals surface area contributed by atoms with Gasteiger partial charge in [-0.15, -0.1) is 0 Å². The summed E-state index contributed by atoms with van der Waals surface area (Å²) in [7, 11) is 0. The molecular weight excluding hydrogens is 188 g/mol. The van der Waals surface area contributed by atoms with Gasteiger partial charge < -0.3 is 5.11 Å². The van der Waals surface area contributed by atoms with E-state index in [0.717, 1.165) is 18.4 Å². The van der Waals surface area contributed by atoms with Crippen molar-refractivity contribution in [3.05, 3.63) is 11.1 Å². The summed E-state index contributed by atoms with van der Waals surface area (Å²) in [4.78, 5) is 10.9. The van der Waals surface area contributed by atoms with Crippen molar-refractivity contribution in [2.24, 2.45) is 11.3 Å². The Bertz CT molecular complexity index is 287. The Morgan fingerprint density at radius 2 is 1.93 bits per heavy atom. The van der Waals surface area contributed by atoms with E-state index >= 15 is 0 Å². The minimum atomic E-state index is -0.768. The number of aliphatic carboxylic acids is 1. The average Bonchev–Trinajstić information content (AvgIpc) is 2.13. The maximum atomic E-state index is 10.9. The Morgan fingerprint density at radius 1 is 1.33 bits per heavy atom. The van der Waals surface area contributed by atoms with E-state index in [1.807, 2.05) is 6.92 Å². The second kappa shape index (κ2) is 4.38. The molecule has 86 valence electrons. The predicted octanol–water partition coefficient (Wildman–Crippen LogP) is 3.62. The van der Waals surface area contributed by atoms with Gasteiger partial charge in [0.05, 0.1) is 0 Å². The number of hydrogen-bond acceptors (Lipinski definition) is 1. The summed E-state index contributed by atoms with van der Waals surface area (Å²) >= 11 is 0. The minimum Gasteiger partial charge on any atom is -0.478 e. The zero-order valence-electron chi connectivity index (χ0n) is 10.3. The molecule has 1 atom stereocenters. The summed E-state index contributed by atoms with van der Waals surface area (Å²) in [6, 6.07) is 0. The van der Waals surface area contributed by atoms with E-state index in [1.54, 1.807) is 6.92 Å². The van der Waals surface area contributed by atoms with Crippen molar-refractivity contribution in [2.75, 3.05) is 0 Å². The molecule has 1 unspecified atom stereocenters. The number of carbonyl (C=O) groups is 1. The van der Waals surface area contributed by atoms with Crippen LogP contribution in [0.3, 0.4) is 0 Å². The fourth-order valence-electron chi connectivity index (χ4n) is 2.54. The predicted molar refractivity (Wildman–Crippen MR) is 61.7 cm³/mol. The van der Waals surface area contributed by atoms with Crippen LogP contribution in [0.25, 0.3) is 0 Å². The lowest BCUT2D eigenvalue weighted by Crippen LogP contribution is -2.24. The smallest absolute Gasteiger partial charge is 0.331 e. The first kappa shape index (κ1) is 12.3. The molecule has 0 radical (unpaired) electrons. The van der Waals surface area contributed by atoms with Crippen LogP contribution in [0.15, 0.2) is 11.1 Å². The second-order valence-corrected chi connectivity index (χ2v) is 5.57. The molecule has 1 rings (SSSR count). The van der Waals surface area contributed by atoms with Crippen LogP contribution in [-0.4, -0.2) is 11.1 Å². The van der Waals surface area contributed by atoms with E-state index < -0.39 is 5.97 Å². The van der Waals surface area contributed by atoms with Gasteiger partial charge in [-0.3, -0.25) is 0 Å². The summed E-state index contributed by atoms with van der Waals surface area (Å²) in [5.41, 5.74) is 2.00. The summed E-state index contributed by atoms with van der Waals surface area (Å²) in [5.74, 6) is -0.291. The lowest BCUT2D eigenvalue weighted by atomic mass is 9.69. The molecule has 1 aliphatic carbocycles. The molecule has 0 amide bonds. The fraction of sp³-hybridized carbons (Fsp3) is 0.769. The molecule has 0 aliphatic heterocycles. The lowest BCUT2D eigenvalue weighted by molar-refractivity contribution is -0.132. The van der Waals surface area contributed by atoms with Gasteiger partial charge in [-0.1, -0.05) is 25.8 Å².